The second-order valence-electron chi connectivity index (χ2n) is 5.33. The molecule has 25 heavy (non-hydrogen) atoms. The molecule has 0 bridgehead atoms. The molecule has 0 amide bonds. The summed E-state index contributed by atoms with van der Waals surface area (Å²) < 4.78 is 23.5. The molecule has 7 nitrogen and oxygen atoms in total. The van der Waals surface area contributed by atoms with Gasteiger partial charge in [-0.25, -0.2) is 4.68 Å². The van der Waals surface area contributed by atoms with Crippen molar-refractivity contribution in [3.63, 3.8) is 0 Å². The molecule has 1 aromatic rings. The zero-order valence-electron chi connectivity index (χ0n) is 14.4. The van der Waals surface area contributed by atoms with Crippen molar-refractivity contribution >= 4 is 29.4 Å². The van der Waals surface area contributed by atoms with Crippen molar-refractivity contribution < 1.29 is 18.9 Å². The standard InChI is InChI=1S/C16H20Cl2N2O5/c1-22-15(23-2)7-5-8-16(24-3,25-4)12(15)6-9-20-14(21)13(18)11(17)10-19-20/h5-7,9-10,12H,8H2,1-4H3. The van der Waals surface area contributed by atoms with Crippen molar-refractivity contribution in [3.05, 3.63) is 44.8 Å². The molecule has 1 aromatic heterocycles. The number of hydrogen-bond acceptors (Lipinski definition) is 6. The summed E-state index contributed by atoms with van der Waals surface area (Å²) in [5.41, 5.74) is -0.544. The van der Waals surface area contributed by atoms with Gasteiger partial charge in [-0.15, -0.1) is 0 Å². The quantitative estimate of drug-likeness (QED) is 0.548. The molecule has 0 N–H and O–H groups in total. The Morgan fingerprint density at radius 3 is 2.40 bits per heavy atom. The maximum atomic E-state index is 12.2. The average Bonchev–Trinajstić information content (AvgIpc) is 2.65. The normalized spacial score (nSPS) is 21.8. The van der Waals surface area contributed by atoms with Crippen molar-refractivity contribution in [1.29, 1.82) is 0 Å². The Labute approximate surface area is 155 Å². The Morgan fingerprint density at radius 2 is 1.84 bits per heavy atom. The summed E-state index contributed by atoms with van der Waals surface area (Å²) in [5.74, 6) is -2.73. The van der Waals surface area contributed by atoms with Crippen LogP contribution >= 0.6 is 23.2 Å². The van der Waals surface area contributed by atoms with E-state index in [1.807, 2.05) is 6.08 Å². The second kappa shape index (κ2) is 7.99. The van der Waals surface area contributed by atoms with E-state index in [1.54, 1.807) is 12.2 Å². The molecule has 1 unspecified atom stereocenters. The van der Waals surface area contributed by atoms with Crippen LogP contribution < -0.4 is 5.56 Å². The predicted molar refractivity (Wildman–Crippen MR) is 94.6 cm³/mol. The van der Waals surface area contributed by atoms with Crippen molar-refractivity contribution in [2.45, 2.75) is 18.0 Å². The molecule has 0 fully saturated rings. The highest BCUT2D eigenvalue weighted by Gasteiger charge is 2.53. The van der Waals surface area contributed by atoms with E-state index in [2.05, 4.69) is 5.10 Å². The highest BCUT2D eigenvalue weighted by molar-refractivity contribution is 6.41. The number of nitrogens with zero attached hydrogens (tertiary/aromatic N) is 2. The lowest BCUT2D eigenvalue weighted by atomic mass is 9.82. The van der Waals surface area contributed by atoms with E-state index in [9.17, 15) is 4.79 Å². The summed E-state index contributed by atoms with van der Waals surface area (Å²) >= 11 is 11.7. The van der Waals surface area contributed by atoms with E-state index in [-0.39, 0.29) is 10.0 Å². The van der Waals surface area contributed by atoms with Gasteiger partial charge in [0.05, 0.1) is 17.1 Å². The molecule has 2 rings (SSSR count). The maximum absolute atomic E-state index is 12.2. The molecule has 0 saturated heterocycles. The number of rotatable bonds is 6. The zero-order valence-corrected chi connectivity index (χ0v) is 15.9. The minimum absolute atomic E-state index is 0.0863. The first-order valence-corrected chi connectivity index (χ1v) is 8.14. The summed E-state index contributed by atoms with van der Waals surface area (Å²) in [6.07, 6.45) is 8.51. The fourth-order valence-corrected chi connectivity index (χ4v) is 3.14. The van der Waals surface area contributed by atoms with E-state index in [4.69, 9.17) is 42.1 Å². The van der Waals surface area contributed by atoms with Crippen LogP contribution in [0.15, 0.2) is 29.2 Å². The Bertz CT molecular complexity index is 724. The third kappa shape index (κ3) is 3.53. The van der Waals surface area contributed by atoms with E-state index in [0.717, 1.165) is 4.68 Å². The number of halogens is 2. The largest absolute Gasteiger partial charge is 0.352 e. The molecule has 138 valence electrons. The summed E-state index contributed by atoms with van der Waals surface area (Å²) in [7, 11) is 6.09. The molecular formula is C16H20Cl2N2O5. The van der Waals surface area contributed by atoms with Crippen LogP contribution in [0.5, 0.6) is 0 Å². The Balaban J connectivity index is 2.52. The first-order valence-electron chi connectivity index (χ1n) is 7.39. The van der Waals surface area contributed by atoms with Gasteiger partial charge in [0.2, 0.25) is 0 Å². The average molecular weight is 391 g/mol. The van der Waals surface area contributed by atoms with Gasteiger partial charge in [-0.05, 0) is 6.08 Å². The molecule has 0 aliphatic heterocycles. The van der Waals surface area contributed by atoms with Crippen molar-refractivity contribution in [1.82, 2.24) is 9.78 Å². The van der Waals surface area contributed by atoms with Crippen LogP contribution in [-0.4, -0.2) is 49.8 Å². The van der Waals surface area contributed by atoms with Gasteiger partial charge in [-0.1, -0.05) is 35.4 Å². The molecule has 9 heteroatoms. The first-order chi connectivity index (χ1) is 11.9. The SMILES string of the molecule is COC1(OC)C=CCC(OC)(OC)C1C=Cn1ncc(Cl)c(Cl)c1=O. The smallest absolute Gasteiger partial charge is 0.291 e. The van der Waals surface area contributed by atoms with Gasteiger partial charge in [0.25, 0.3) is 5.56 Å². The molecule has 1 aliphatic carbocycles. The molecular weight excluding hydrogens is 371 g/mol. The summed E-state index contributed by atoms with van der Waals surface area (Å²) in [5, 5.41) is 3.92. The van der Waals surface area contributed by atoms with Gasteiger partial charge in [0.15, 0.2) is 11.6 Å². The highest BCUT2D eigenvalue weighted by Crippen LogP contribution is 2.43. The number of ether oxygens (including phenoxy) is 4. The molecule has 1 atom stereocenters. The monoisotopic (exact) mass is 390 g/mol. The van der Waals surface area contributed by atoms with Crippen LogP contribution in [0.25, 0.3) is 6.20 Å². The molecule has 1 aliphatic rings. The molecule has 0 saturated carbocycles. The topological polar surface area (TPSA) is 71.8 Å². The fourth-order valence-electron chi connectivity index (χ4n) is 2.88. The van der Waals surface area contributed by atoms with Crippen molar-refractivity contribution in [2.24, 2.45) is 5.92 Å². The molecule has 0 aromatic carbocycles. The summed E-state index contributed by atoms with van der Waals surface area (Å²) in [6.45, 7) is 0. The van der Waals surface area contributed by atoms with E-state index < -0.39 is 23.1 Å². The number of aromatic nitrogens is 2. The van der Waals surface area contributed by atoms with Crippen LogP contribution in [0, 0.1) is 5.92 Å². The van der Waals surface area contributed by atoms with Gasteiger partial charge in [-0.3, -0.25) is 4.79 Å². The lowest BCUT2D eigenvalue weighted by molar-refractivity contribution is -0.307. The second-order valence-corrected chi connectivity index (χ2v) is 6.12. The van der Waals surface area contributed by atoms with Crippen LogP contribution in [0.2, 0.25) is 10.0 Å². The van der Waals surface area contributed by atoms with Gasteiger partial charge in [0.1, 0.15) is 5.02 Å². The zero-order chi connectivity index (χ0) is 18.7. The third-order valence-corrected chi connectivity index (χ3v) is 5.06. The fraction of sp³-hybridized carbons (Fsp3) is 0.500. The van der Waals surface area contributed by atoms with Crippen molar-refractivity contribution in [3.8, 4) is 0 Å². The maximum Gasteiger partial charge on any atom is 0.291 e. The van der Waals surface area contributed by atoms with E-state index in [0.29, 0.717) is 6.42 Å². The predicted octanol–water partition coefficient (Wildman–Crippen LogP) is 2.58. The van der Waals surface area contributed by atoms with Crippen LogP contribution in [0.1, 0.15) is 6.42 Å². The number of hydrogen-bond donors (Lipinski definition) is 0. The lowest BCUT2D eigenvalue weighted by Crippen LogP contribution is -2.56. The van der Waals surface area contributed by atoms with Crippen LogP contribution in [0.3, 0.4) is 0 Å². The van der Waals surface area contributed by atoms with Crippen LogP contribution in [0.4, 0.5) is 0 Å². The Kier molecular flexibility index (Phi) is 6.42. The molecule has 1 heterocycles. The number of methoxy groups -OCH3 is 4. The molecule has 0 spiro atoms. The summed E-state index contributed by atoms with van der Waals surface area (Å²) in [4.78, 5) is 12.2. The minimum Gasteiger partial charge on any atom is -0.352 e. The summed E-state index contributed by atoms with van der Waals surface area (Å²) in [6, 6.07) is 0. The van der Waals surface area contributed by atoms with E-state index in [1.165, 1.54) is 40.8 Å². The minimum atomic E-state index is -1.14. The van der Waals surface area contributed by atoms with Gasteiger partial charge >= 0.3 is 0 Å². The van der Waals surface area contributed by atoms with Gasteiger partial charge in [-0.2, -0.15) is 5.10 Å². The third-order valence-electron chi connectivity index (χ3n) is 4.31. The van der Waals surface area contributed by atoms with Crippen molar-refractivity contribution in [2.75, 3.05) is 28.4 Å². The lowest BCUT2D eigenvalue weighted by Gasteiger charge is -2.47. The molecule has 0 radical (unpaired) electrons. The highest BCUT2D eigenvalue weighted by atomic mass is 35.5. The first kappa shape index (κ1) is 20.1. The Hall–Kier alpha value is -1.22. The van der Waals surface area contributed by atoms with Gasteiger partial charge < -0.3 is 18.9 Å². The Morgan fingerprint density at radius 1 is 1.20 bits per heavy atom. The van der Waals surface area contributed by atoms with E-state index >= 15 is 0 Å². The van der Waals surface area contributed by atoms with Gasteiger partial charge in [0, 0.05) is 41.1 Å². The van der Waals surface area contributed by atoms with Crippen LogP contribution in [-0.2, 0) is 18.9 Å².